The third-order valence-electron chi connectivity index (χ3n) is 3.51. The first-order valence-corrected chi connectivity index (χ1v) is 6.61. The van der Waals surface area contributed by atoms with Crippen molar-refractivity contribution in [1.82, 2.24) is 9.88 Å². The predicted molar refractivity (Wildman–Crippen MR) is 86.0 cm³/mol. The fraction of sp³-hybridized carbons (Fsp3) is 0.538. The highest BCUT2D eigenvalue weighted by molar-refractivity contribution is 6.33. The minimum atomic E-state index is -0.0373. The van der Waals surface area contributed by atoms with Gasteiger partial charge in [-0.3, -0.25) is 9.78 Å². The van der Waals surface area contributed by atoms with Gasteiger partial charge in [0.05, 0.1) is 10.6 Å². The molecule has 0 aliphatic carbocycles. The second-order valence-corrected chi connectivity index (χ2v) is 5.28. The number of carbonyl (C=O) groups is 1. The van der Waals surface area contributed by atoms with Crippen molar-refractivity contribution in [3.8, 4) is 0 Å². The normalized spacial score (nSPS) is 21.6. The third-order valence-corrected chi connectivity index (χ3v) is 3.82. The number of hydrogen-bond acceptors (Lipinski definition) is 3. The molecule has 1 saturated heterocycles. The quantitative estimate of drug-likeness (QED) is 0.900. The van der Waals surface area contributed by atoms with E-state index in [0.717, 1.165) is 19.4 Å². The molecule has 2 unspecified atom stereocenters. The van der Waals surface area contributed by atoms with E-state index in [2.05, 4.69) is 11.9 Å². The zero-order chi connectivity index (χ0) is 13.1. The Bertz CT molecular complexity index is 445. The second-order valence-electron chi connectivity index (χ2n) is 4.87. The Morgan fingerprint density at radius 2 is 2.25 bits per heavy atom. The highest BCUT2D eigenvalue weighted by Gasteiger charge is 2.30. The molecule has 1 fully saturated rings. The molecule has 114 valence electrons. The van der Waals surface area contributed by atoms with Gasteiger partial charge in [-0.15, -0.1) is 24.8 Å². The number of carbonyl (C=O) groups excluding carboxylic acids is 1. The maximum atomic E-state index is 12.5. The third kappa shape index (κ3) is 4.22. The molecule has 1 aromatic heterocycles. The summed E-state index contributed by atoms with van der Waals surface area (Å²) in [4.78, 5) is 18.2. The summed E-state index contributed by atoms with van der Waals surface area (Å²) in [5.74, 6) is 0.584. The molecule has 2 rings (SSSR count). The van der Waals surface area contributed by atoms with Crippen molar-refractivity contribution in [2.24, 2.45) is 11.7 Å². The monoisotopic (exact) mass is 339 g/mol. The number of rotatable bonds is 2. The van der Waals surface area contributed by atoms with Crippen LogP contribution in [0.5, 0.6) is 0 Å². The van der Waals surface area contributed by atoms with Crippen molar-refractivity contribution < 1.29 is 4.79 Å². The first-order valence-electron chi connectivity index (χ1n) is 6.24. The van der Waals surface area contributed by atoms with Crippen molar-refractivity contribution in [3.05, 3.63) is 29.0 Å². The van der Waals surface area contributed by atoms with Crippen LogP contribution in [0.25, 0.3) is 0 Å². The van der Waals surface area contributed by atoms with E-state index in [-0.39, 0.29) is 36.8 Å². The molecular formula is C13H20Cl3N3O. The molecule has 2 heterocycles. The number of piperidine rings is 1. The first-order chi connectivity index (χ1) is 8.63. The zero-order valence-corrected chi connectivity index (χ0v) is 13.7. The molecule has 0 aromatic carbocycles. The van der Waals surface area contributed by atoms with Crippen LogP contribution in [0.2, 0.25) is 5.02 Å². The van der Waals surface area contributed by atoms with Crippen molar-refractivity contribution >= 4 is 42.3 Å². The molecule has 7 heteroatoms. The summed E-state index contributed by atoms with van der Waals surface area (Å²) in [5.41, 5.74) is 6.28. The number of pyridine rings is 1. The number of halogens is 3. The molecule has 1 aromatic rings. The van der Waals surface area contributed by atoms with Gasteiger partial charge < -0.3 is 10.6 Å². The lowest BCUT2D eigenvalue weighted by Gasteiger charge is -2.38. The lowest BCUT2D eigenvalue weighted by molar-refractivity contribution is 0.0573. The maximum Gasteiger partial charge on any atom is 0.255 e. The minimum absolute atomic E-state index is 0. The minimum Gasteiger partial charge on any atom is -0.334 e. The van der Waals surface area contributed by atoms with E-state index in [1.807, 2.05) is 4.90 Å². The van der Waals surface area contributed by atoms with E-state index in [0.29, 0.717) is 23.0 Å². The van der Waals surface area contributed by atoms with Gasteiger partial charge in [-0.05, 0) is 24.8 Å². The fourth-order valence-corrected chi connectivity index (χ4v) is 2.65. The maximum absolute atomic E-state index is 12.5. The van der Waals surface area contributed by atoms with Crippen LogP contribution in [0, 0.1) is 5.92 Å². The number of hydrogen-bond donors (Lipinski definition) is 1. The number of likely N-dealkylation sites (tertiary alicyclic amines) is 1. The van der Waals surface area contributed by atoms with Gasteiger partial charge in [-0.1, -0.05) is 18.5 Å². The highest BCUT2D eigenvalue weighted by Crippen LogP contribution is 2.25. The number of nitrogens with zero attached hydrogens (tertiary/aromatic N) is 2. The van der Waals surface area contributed by atoms with E-state index < -0.39 is 0 Å². The SMILES string of the molecule is CC1CCN(C(=O)c2ccncc2Cl)C(CN)C1.Cl.Cl. The summed E-state index contributed by atoms with van der Waals surface area (Å²) in [5, 5.41) is 0.400. The second kappa shape index (κ2) is 8.67. The standard InChI is InChI=1S/C13H18ClN3O.2ClH/c1-9-3-5-17(10(6-9)7-15)13(18)11-2-4-16-8-12(11)14;;/h2,4,8-10H,3,5-7,15H2,1H3;2*1H. The molecule has 0 saturated carbocycles. The van der Waals surface area contributed by atoms with Crippen molar-refractivity contribution in [2.45, 2.75) is 25.8 Å². The Morgan fingerprint density at radius 1 is 1.55 bits per heavy atom. The molecule has 20 heavy (non-hydrogen) atoms. The Balaban J connectivity index is 0.00000180. The van der Waals surface area contributed by atoms with Crippen LogP contribution in [0.1, 0.15) is 30.1 Å². The van der Waals surface area contributed by atoms with Gasteiger partial charge in [0, 0.05) is 31.5 Å². The lowest BCUT2D eigenvalue weighted by atomic mass is 9.92. The van der Waals surface area contributed by atoms with Crippen LogP contribution in [0.4, 0.5) is 0 Å². The van der Waals surface area contributed by atoms with E-state index in [1.165, 1.54) is 6.20 Å². The summed E-state index contributed by atoms with van der Waals surface area (Å²) in [6, 6.07) is 1.78. The number of amides is 1. The molecule has 0 spiro atoms. The first kappa shape index (κ1) is 19.4. The summed E-state index contributed by atoms with van der Waals surface area (Å²) >= 11 is 6.02. The molecule has 2 N–H and O–H groups in total. The van der Waals surface area contributed by atoms with Gasteiger partial charge in [0.25, 0.3) is 5.91 Å². The Morgan fingerprint density at radius 3 is 2.85 bits per heavy atom. The van der Waals surface area contributed by atoms with Crippen molar-refractivity contribution in [1.29, 1.82) is 0 Å². The van der Waals surface area contributed by atoms with Crippen molar-refractivity contribution in [3.63, 3.8) is 0 Å². The highest BCUT2D eigenvalue weighted by atomic mass is 35.5. The van der Waals surface area contributed by atoms with Crippen LogP contribution in [-0.2, 0) is 0 Å². The Labute approximate surface area is 136 Å². The van der Waals surface area contributed by atoms with Gasteiger partial charge in [-0.2, -0.15) is 0 Å². The largest absolute Gasteiger partial charge is 0.334 e. The average molecular weight is 341 g/mol. The molecule has 1 amide bonds. The average Bonchev–Trinajstić information content (AvgIpc) is 2.38. The van der Waals surface area contributed by atoms with Crippen LogP contribution < -0.4 is 5.73 Å². The molecule has 4 nitrogen and oxygen atoms in total. The van der Waals surface area contributed by atoms with E-state index in [4.69, 9.17) is 17.3 Å². The van der Waals surface area contributed by atoms with Crippen LogP contribution in [0.3, 0.4) is 0 Å². The van der Waals surface area contributed by atoms with Gasteiger partial charge in [-0.25, -0.2) is 0 Å². The summed E-state index contributed by atoms with van der Waals surface area (Å²) in [7, 11) is 0. The van der Waals surface area contributed by atoms with Crippen LogP contribution >= 0.6 is 36.4 Å². The molecule has 1 aliphatic rings. The van der Waals surface area contributed by atoms with Crippen LogP contribution in [-0.4, -0.2) is 34.9 Å². The zero-order valence-electron chi connectivity index (χ0n) is 11.3. The molecular weight excluding hydrogens is 321 g/mol. The summed E-state index contributed by atoms with van der Waals surface area (Å²) in [6.07, 6.45) is 5.07. The topological polar surface area (TPSA) is 59.2 Å². The number of aromatic nitrogens is 1. The lowest BCUT2D eigenvalue weighted by Crippen LogP contribution is -2.49. The summed E-state index contributed by atoms with van der Waals surface area (Å²) < 4.78 is 0. The predicted octanol–water partition coefficient (Wildman–Crippen LogP) is 2.78. The Kier molecular flexibility index (Phi) is 8.44. The summed E-state index contributed by atoms with van der Waals surface area (Å²) in [6.45, 7) is 3.45. The van der Waals surface area contributed by atoms with Gasteiger partial charge >= 0.3 is 0 Å². The van der Waals surface area contributed by atoms with Gasteiger partial charge in [0.2, 0.25) is 0 Å². The van der Waals surface area contributed by atoms with Gasteiger partial charge in [0.15, 0.2) is 0 Å². The molecule has 0 radical (unpaired) electrons. The Hall–Kier alpha value is -0.550. The van der Waals surface area contributed by atoms with Gasteiger partial charge in [0.1, 0.15) is 0 Å². The molecule has 1 aliphatic heterocycles. The molecule has 2 atom stereocenters. The van der Waals surface area contributed by atoms with Crippen LogP contribution in [0.15, 0.2) is 18.5 Å². The molecule has 0 bridgehead atoms. The van der Waals surface area contributed by atoms with Crippen molar-refractivity contribution in [2.75, 3.05) is 13.1 Å². The fourth-order valence-electron chi connectivity index (χ4n) is 2.45. The van der Waals surface area contributed by atoms with E-state index in [9.17, 15) is 4.79 Å². The number of nitrogens with two attached hydrogens (primary N) is 1. The smallest absolute Gasteiger partial charge is 0.255 e. The van der Waals surface area contributed by atoms with E-state index in [1.54, 1.807) is 12.3 Å². The van der Waals surface area contributed by atoms with E-state index >= 15 is 0 Å².